The van der Waals surface area contributed by atoms with Gasteiger partial charge in [0, 0.05) is 16.1 Å². The monoisotopic (exact) mass is 446 g/mol. The minimum atomic E-state index is -0.463. The van der Waals surface area contributed by atoms with Gasteiger partial charge in [0.15, 0.2) is 0 Å². The molecule has 0 aliphatic carbocycles. The average Bonchev–Trinajstić information content (AvgIpc) is 3.30. The van der Waals surface area contributed by atoms with Gasteiger partial charge in [-0.2, -0.15) is 10.2 Å². The molecule has 3 aromatic carbocycles. The lowest BCUT2D eigenvalue weighted by Crippen LogP contribution is -2.18. The third-order valence-corrected chi connectivity index (χ3v) is 4.85. The van der Waals surface area contributed by atoms with Crippen molar-refractivity contribution in [3.05, 3.63) is 101 Å². The number of aromatic hydroxyl groups is 1. The van der Waals surface area contributed by atoms with Crippen molar-refractivity contribution in [3.8, 4) is 22.8 Å². The van der Waals surface area contributed by atoms with Gasteiger partial charge in [0.1, 0.15) is 23.8 Å². The molecule has 4 rings (SSSR count). The van der Waals surface area contributed by atoms with Crippen molar-refractivity contribution in [3.63, 3.8) is 0 Å². The molecular formula is C24H19ClN4O3. The molecule has 4 aromatic rings. The smallest absolute Gasteiger partial charge is 0.289 e. The largest absolute Gasteiger partial charge is 0.507 e. The highest BCUT2D eigenvalue weighted by Crippen LogP contribution is 2.29. The first-order chi connectivity index (χ1) is 15.6. The van der Waals surface area contributed by atoms with Crippen LogP contribution in [0.2, 0.25) is 5.02 Å². The number of nitrogens with zero attached hydrogens (tertiary/aromatic N) is 2. The Morgan fingerprint density at radius 1 is 1.09 bits per heavy atom. The predicted octanol–water partition coefficient (Wildman–Crippen LogP) is 4.78. The molecule has 1 heterocycles. The maximum absolute atomic E-state index is 12.4. The lowest BCUT2D eigenvalue weighted by atomic mass is 10.1. The molecule has 0 aliphatic heterocycles. The van der Waals surface area contributed by atoms with Gasteiger partial charge >= 0.3 is 0 Å². The number of rotatable bonds is 7. The number of hydrogen-bond acceptors (Lipinski definition) is 5. The number of aromatic amines is 1. The molecule has 8 heteroatoms. The molecule has 32 heavy (non-hydrogen) atoms. The van der Waals surface area contributed by atoms with Gasteiger partial charge in [-0.1, -0.05) is 48.0 Å². The Hall–Kier alpha value is -4.10. The van der Waals surface area contributed by atoms with Crippen molar-refractivity contribution in [2.45, 2.75) is 6.61 Å². The van der Waals surface area contributed by atoms with Gasteiger partial charge in [-0.05, 0) is 48.0 Å². The molecule has 0 aliphatic rings. The molecule has 0 fully saturated rings. The zero-order valence-corrected chi connectivity index (χ0v) is 17.6. The number of ether oxygens (including phenoxy) is 1. The van der Waals surface area contributed by atoms with E-state index < -0.39 is 5.91 Å². The summed E-state index contributed by atoms with van der Waals surface area (Å²) in [6.07, 6.45) is 1.37. The number of hydrogen-bond donors (Lipinski definition) is 3. The predicted molar refractivity (Wildman–Crippen MR) is 123 cm³/mol. The fraction of sp³-hybridized carbons (Fsp3) is 0.0417. The van der Waals surface area contributed by atoms with Crippen LogP contribution < -0.4 is 10.2 Å². The summed E-state index contributed by atoms with van der Waals surface area (Å²) in [6, 6.07) is 23.2. The summed E-state index contributed by atoms with van der Waals surface area (Å²) in [6.45, 7) is 0.368. The highest BCUT2D eigenvalue weighted by molar-refractivity contribution is 6.30. The van der Waals surface area contributed by atoms with E-state index in [1.165, 1.54) is 12.3 Å². The molecule has 0 spiro atoms. The number of H-pyrrole nitrogens is 1. The summed E-state index contributed by atoms with van der Waals surface area (Å²) < 4.78 is 5.97. The van der Waals surface area contributed by atoms with Crippen LogP contribution in [0.4, 0.5) is 0 Å². The number of benzene rings is 3. The van der Waals surface area contributed by atoms with Crippen LogP contribution in [0, 0.1) is 0 Å². The minimum Gasteiger partial charge on any atom is -0.507 e. The summed E-state index contributed by atoms with van der Waals surface area (Å²) in [5.74, 6) is 0.248. The maximum Gasteiger partial charge on any atom is 0.289 e. The number of nitrogens with one attached hydrogen (secondary N) is 2. The highest BCUT2D eigenvalue weighted by atomic mass is 35.5. The number of amides is 1. The van der Waals surface area contributed by atoms with Crippen molar-refractivity contribution in [1.82, 2.24) is 15.6 Å². The topological polar surface area (TPSA) is 99.6 Å². The van der Waals surface area contributed by atoms with E-state index in [0.717, 1.165) is 11.1 Å². The lowest BCUT2D eigenvalue weighted by Gasteiger charge is -2.10. The normalized spacial score (nSPS) is 10.9. The number of hydrazone groups is 1. The summed E-state index contributed by atoms with van der Waals surface area (Å²) >= 11 is 5.93. The molecule has 3 N–H and O–H groups in total. The quantitative estimate of drug-likeness (QED) is 0.281. The molecular weight excluding hydrogens is 428 g/mol. The fourth-order valence-corrected chi connectivity index (χ4v) is 3.07. The van der Waals surface area contributed by atoms with E-state index in [0.29, 0.717) is 28.6 Å². The number of phenols is 1. The average molecular weight is 447 g/mol. The third kappa shape index (κ3) is 5.14. The van der Waals surface area contributed by atoms with Gasteiger partial charge in [0.2, 0.25) is 0 Å². The summed E-state index contributed by atoms with van der Waals surface area (Å²) in [7, 11) is 0. The summed E-state index contributed by atoms with van der Waals surface area (Å²) in [5.41, 5.74) is 5.43. The van der Waals surface area contributed by atoms with E-state index in [1.807, 2.05) is 48.5 Å². The van der Waals surface area contributed by atoms with Crippen LogP contribution in [-0.2, 0) is 6.61 Å². The van der Waals surface area contributed by atoms with E-state index in [1.54, 1.807) is 24.3 Å². The number of phenolic OH excluding ortho intramolecular Hbond substituents is 1. The zero-order chi connectivity index (χ0) is 22.3. The molecule has 7 nitrogen and oxygen atoms in total. The number of aromatic nitrogens is 2. The van der Waals surface area contributed by atoms with Crippen molar-refractivity contribution in [1.29, 1.82) is 0 Å². The van der Waals surface area contributed by atoms with Crippen molar-refractivity contribution < 1.29 is 14.6 Å². The first-order valence-corrected chi connectivity index (χ1v) is 10.1. The Bertz CT molecular complexity index is 1250. The minimum absolute atomic E-state index is 0.0736. The van der Waals surface area contributed by atoms with Gasteiger partial charge < -0.3 is 9.84 Å². The Labute approximate surface area is 189 Å². The molecule has 0 saturated carbocycles. The lowest BCUT2D eigenvalue weighted by molar-refractivity contribution is 0.0950. The Kier molecular flexibility index (Phi) is 6.48. The third-order valence-electron chi connectivity index (χ3n) is 4.60. The van der Waals surface area contributed by atoms with Crippen molar-refractivity contribution >= 4 is 23.7 Å². The van der Waals surface area contributed by atoms with E-state index in [4.69, 9.17) is 16.3 Å². The molecule has 0 radical (unpaired) electrons. The van der Waals surface area contributed by atoms with Crippen LogP contribution in [0.1, 0.15) is 21.6 Å². The van der Waals surface area contributed by atoms with Gasteiger partial charge in [-0.3, -0.25) is 9.89 Å². The van der Waals surface area contributed by atoms with Crippen molar-refractivity contribution in [2.24, 2.45) is 5.10 Å². The standard InChI is InChI=1S/C24H19ClN4O3/c25-18-11-9-16(10-12-18)15-32-23-8-4-2-6-19(23)20-13-21(28-27-20)24(31)29-26-14-17-5-1-3-7-22(17)30/h1-14,30H,15H2,(H,27,28)(H,29,31)/b26-14+. The molecule has 0 unspecified atom stereocenters. The number of para-hydroxylation sites is 2. The van der Waals surface area contributed by atoms with Gasteiger partial charge in [0.25, 0.3) is 5.91 Å². The van der Waals surface area contributed by atoms with Crippen molar-refractivity contribution in [2.75, 3.05) is 0 Å². The van der Waals surface area contributed by atoms with Crippen LogP contribution in [0.3, 0.4) is 0 Å². The number of halogens is 1. The maximum atomic E-state index is 12.4. The van der Waals surface area contributed by atoms with E-state index in [2.05, 4.69) is 20.7 Å². The Morgan fingerprint density at radius 2 is 1.84 bits per heavy atom. The fourth-order valence-electron chi connectivity index (χ4n) is 2.94. The highest BCUT2D eigenvalue weighted by Gasteiger charge is 2.14. The number of carbonyl (C=O) groups is 1. The van der Waals surface area contributed by atoms with Gasteiger partial charge in [-0.25, -0.2) is 5.43 Å². The zero-order valence-electron chi connectivity index (χ0n) is 16.8. The van der Waals surface area contributed by atoms with Crippen LogP contribution in [0.15, 0.2) is 84.0 Å². The molecule has 160 valence electrons. The summed E-state index contributed by atoms with van der Waals surface area (Å²) in [4.78, 5) is 12.4. The van der Waals surface area contributed by atoms with E-state index >= 15 is 0 Å². The molecule has 0 bridgehead atoms. The second-order valence-corrected chi connectivity index (χ2v) is 7.27. The Balaban J connectivity index is 1.44. The first kappa shape index (κ1) is 21.1. The van der Waals surface area contributed by atoms with Crippen LogP contribution in [0.5, 0.6) is 11.5 Å². The van der Waals surface area contributed by atoms with Crippen LogP contribution >= 0.6 is 11.6 Å². The molecule has 1 amide bonds. The summed E-state index contributed by atoms with van der Waals surface area (Å²) in [5, 5.41) is 21.2. The SMILES string of the molecule is O=C(N/N=C/c1ccccc1O)c1cc(-c2ccccc2OCc2ccc(Cl)cc2)n[nH]1. The second-order valence-electron chi connectivity index (χ2n) is 6.84. The Morgan fingerprint density at radius 3 is 2.66 bits per heavy atom. The van der Waals surface area contributed by atoms with Gasteiger partial charge in [0.05, 0.1) is 11.9 Å². The molecule has 0 atom stereocenters. The van der Waals surface area contributed by atoms with Gasteiger partial charge in [-0.15, -0.1) is 0 Å². The molecule has 1 aromatic heterocycles. The van der Waals surface area contributed by atoms with E-state index in [-0.39, 0.29) is 11.4 Å². The second kappa shape index (κ2) is 9.80. The van der Waals surface area contributed by atoms with Crippen LogP contribution in [-0.4, -0.2) is 27.4 Å². The molecule has 0 saturated heterocycles. The first-order valence-electron chi connectivity index (χ1n) is 9.73. The number of carbonyl (C=O) groups excluding carboxylic acids is 1. The van der Waals surface area contributed by atoms with Crippen LogP contribution in [0.25, 0.3) is 11.3 Å². The van der Waals surface area contributed by atoms with E-state index in [9.17, 15) is 9.90 Å².